The summed E-state index contributed by atoms with van der Waals surface area (Å²) in [6.45, 7) is 2.25. The van der Waals surface area contributed by atoms with E-state index in [1.54, 1.807) is 0 Å². The molecule has 0 radical (unpaired) electrons. The third kappa shape index (κ3) is 20.4. The molecular formula is C17H33NaO3. The molecule has 1 unspecified atom stereocenters. The van der Waals surface area contributed by atoms with Crippen LogP contribution >= 0.6 is 0 Å². The predicted octanol–water partition coefficient (Wildman–Crippen LogP) is 0.583. The summed E-state index contributed by atoms with van der Waals surface area (Å²) < 4.78 is 0. The Morgan fingerprint density at radius 3 is 1.71 bits per heavy atom. The van der Waals surface area contributed by atoms with Crippen molar-refractivity contribution in [2.45, 2.75) is 103 Å². The summed E-state index contributed by atoms with van der Waals surface area (Å²) in [5.74, 6) is -1.07. The van der Waals surface area contributed by atoms with Crippen LogP contribution in [0.3, 0.4) is 0 Å². The van der Waals surface area contributed by atoms with Gasteiger partial charge >= 0.3 is 29.6 Å². The van der Waals surface area contributed by atoms with E-state index in [4.69, 9.17) is 0 Å². The average Bonchev–Trinajstić information content (AvgIpc) is 2.42. The van der Waals surface area contributed by atoms with Gasteiger partial charge in [-0.1, -0.05) is 77.6 Å². The average molecular weight is 308 g/mol. The summed E-state index contributed by atoms with van der Waals surface area (Å²) in [5.41, 5.74) is 0. The Hall–Kier alpha value is 0.430. The van der Waals surface area contributed by atoms with Gasteiger partial charge in [0.1, 0.15) is 0 Å². The molecule has 0 fully saturated rings. The van der Waals surface area contributed by atoms with Gasteiger partial charge in [-0.05, 0) is 19.3 Å². The van der Waals surface area contributed by atoms with E-state index in [0.29, 0.717) is 6.42 Å². The molecule has 0 bridgehead atoms. The van der Waals surface area contributed by atoms with E-state index in [1.807, 2.05) is 0 Å². The van der Waals surface area contributed by atoms with Crippen molar-refractivity contribution >= 4 is 5.97 Å². The molecule has 1 N–H and O–H groups in total. The first kappa shape index (κ1) is 23.7. The fraction of sp³-hybridized carbons (Fsp3) is 0.941. The van der Waals surface area contributed by atoms with Crippen LogP contribution in [0.5, 0.6) is 0 Å². The van der Waals surface area contributed by atoms with Gasteiger partial charge in [0.25, 0.3) is 0 Å². The number of carboxylic acid groups (broad SMARTS) is 1. The van der Waals surface area contributed by atoms with Gasteiger partial charge in [-0.15, -0.1) is 0 Å². The summed E-state index contributed by atoms with van der Waals surface area (Å²) in [6.07, 6.45) is 14.8. The Kier molecular flexibility index (Phi) is 20.8. The van der Waals surface area contributed by atoms with Crippen LogP contribution in [0, 0.1) is 0 Å². The number of carbonyl (C=O) groups excluding carboxylic acids is 1. The molecule has 0 amide bonds. The number of aliphatic hydroxyl groups excluding tert-OH is 1. The second kappa shape index (κ2) is 18.5. The SMILES string of the molecule is CCCCCCCCCCCCCC(O)CCC(=O)[O-].[Na+]. The number of aliphatic carboxylic acids is 1. The van der Waals surface area contributed by atoms with Crippen LogP contribution < -0.4 is 34.7 Å². The van der Waals surface area contributed by atoms with Gasteiger partial charge in [0.2, 0.25) is 0 Å². The molecule has 0 aromatic carbocycles. The summed E-state index contributed by atoms with van der Waals surface area (Å²) in [7, 11) is 0. The molecule has 0 aromatic rings. The van der Waals surface area contributed by atoms with Gasteiger partial charge in [-0.25, -0.2) is 0 Å². The van der Waals surface area contributed by atoms with Crippen molar-refractivity contribution in [3.63, 3.8) is 0 Å². The standard InChI is InChI=1S/C17H34O3.Na/c1-2-3-4-5-6-7-8-9-10-11-12-13-16(18)14-15-17(19)20;/h16,18H,2-15H2,1H3,(H,19,20);/q;+1/p-1. The van der Waals surface area contributed by atoms with Crippen molar-refractivity contribution in [3.05, 3.63) is 0 Å². The molecule has 21 heavy (non-hydrogen) atoms. The fourth-order valence-corrected chi connectivity index (χ4v) is 2.47. The molecule has 3 nitrogen and oxygen atoms in total. The van der Waals surface area contributed by atoms with E-state index in [-0.39, 0.29) is 36.0 Å². The van der Waals surface area contributed by atoms with Crippen LogP contribution in [0.1, 0.15) is 96.8 Å². The second-order valence-corrected chi connectivity index (χ2v) is 5.89. The molecule has 0 aromatic heterocycles. The van der Waals surface area contributed by atoms with Crippen LogP contribution in [-0.4, -0.2) is 17.2 Å². The molecule has 4 heteroatoms. The van der Waals surface area contributed by atoms with E-state index >= 15 is 0 Å². The molecular weight excluding hydrogens is 275 g/mol. The minimum absolute atomic E-state index is 0. The predicted molar refractivity (Wildman–Crippen MR) is 81.3 cm³/mol. The Bertz CT molecular complexity index is 222. The maximum Gasteiger partial charge on any atom is 1.00 e. The Morgan fingerprint density at radius 1 is 0.857 bits per heavy atom. The first-order valence-electron chi connectivity index (χ1n) is 8.54. The molecule has 0 heterocycles. The Morgan fingerprint density at radius 2 is 1.29 bits per heavy atom. The zero-order valence-electron chi connectivity index (χ0n) is 14.2. The van der Waals surface area contributed by atoms with Gasteiger partial charge in [0.05, 0.1) is 6.10 Å². The molecule has 0 aliphatic carbocycles. The van der Waals surface area contributed by atoms with Crippen molar-refractivity contribution in [2.24, 2.45) is 0 Å². The van der Waals surface area contributed by atoms with Gasteiger partial charge in [0, 0.05) is 5.97 Å². The zero-order chi connectivity index (χ0) is 15.1. The number of unbranched alkanes of at least 4 members (excludes halogenated alkanes) is 10. The van der Waals surface area contributed by atoms with Crippen molar-refractivity contribution in [2.75, 3.05) is 0 Å². The summed E-state index contributed by atoms with van der Waals surface area (Å²) >= 11 is 0. The van der Waals surface area contributed by atoms with Gasteiger partial charge < -0.3 is 15.0 Å². The number of aliphatic hydroxyl groups is 1. The Balaban J connectivity index is 0. The van der Waals surface area contributed by atoms with Crippen molar-refractivity contribution in [3.8, 4) is 0 Å². The molecule has 1 atom stereocenters. The van der Waals surface area contributed by atoms with Gasteiger partial charge in [-0.2, -0.15) is 0 Å². The van der Waals surface area contributed by atoms with Gasteiger partial charge in [-0.3, -0.25) is 0 Å². The van der Waals surface area contributed by atoms with Crippen molar-refractivity contribution in [1.82, 2.24) is 0 Å². The maximum absolute atomic E-state index is 10.2. The van der Waals surface area contributed by atoms with E-state index in [2.05, 4.69) is 6.92 Å². The quantitative estimate of drug-likeness (QED) is 0.356. The van der Waals surface area contributed by atoms with Crippen LogP contribution in [-0.2, 0) is 4.79 Å². The molecule has 0 saturated carbocycles. The topological polar surface area (TPSA) is 60.4 Å². The van der Waals surface area contributed by atoms with E-state index in [0.717, 1.165) is 19.3 Å². The minimum Gasteiger partial charge on any atom is -0.550 e. The normalized spacial score (nSPS) is 11.9. The largest absolute Gasteiger partial charge is 1.00 e. The zero-order valence-corrected chi connectivity index (χ0v) is 16.2. The molecule has 120 valence electrons. The smallest absolute Gasteiger partial charge is 0.550 e. The van der Waals surface area contributed by atoms with Crippen LogP contribution in [0.25, 0.3) is 0 Å². The Labute approximate surface area is 153 Å². The summed E-state index contributed by atoms with van der Waals surface area (Å²) in [5, 5.41) is 19.8. The molecule has 0 aliphatic heterocycles. The van der Waals surface area contributed by atoms with Gasteiger partial charge in [0.15, 0.2) is 0 Å². The van der Waals surface area contributed by atoms with Crippen molar-refractivity contribution < 1.29 is 44.6 Å². The minimum atomic E-state index is -1.07. The molecule has 0 saturated heterocycles. The van der Waals surface area contributed by atoms with Crippen LogP contribution in [0.4, 0.5) is 0 Å². The summed E-state index contributed by atoms with van der Waals surface area (Å²) in [6, 6.07) is 0. The molecule has 0 rings (SSSR count). The molecule has 0 aliphatic rings. The summed E-state index contributed by atoms with van der Waals surface area (Å²) in [4.78, 5) is 10.2. The van der Waals surface area contributed by atoms with Crippen LogP contribution in [0.15, 0.2) is 0 Å². The number of hydrogen-bond donors (Lipinski definition) is 1. The van der Waals surface area contributed by atoms with Crippen molar-refractivity contribution in [1.29, 1.82) is 0 Å². The van der Waals surface area contributed by atoms with Crippen LogP contribution in [0.2, 0.25) is 0 Å². The van der Waals surface area contributed by atoms with E-state index in [1.165, 1.54) is 57.8 Å². The van der Waals surface area contributed by atoms with E-state index in [9.17, 15) is 15.0 Å². The third-order valence-corrected chi connectivity index (χ3v) is 3.82. The number of carbonyl (C=O) groups is 1. The molecule has 0 spiro atoms. The van der Waals surface area contributed by atoms with E-state index < -0.39 is 12.1 Å². The number of hydrogen-bond acceptors (Lipinski definition) is 3. The number of rotatable bonds is 15. The third-order valence-electron chi connectivity index (χ3n) is 3.82. The second-order valence-electron chi connectivity index (χ2n) is 5.89. The maximum atomic E-state index is 10.2. The number of carboxylic acids is 1. The monoisotopic (exact) mass is 308 g/mol. The fourth-order valence-electron chi connectivity index (χ4n) is 2.47. The first-order chi connectivity index (χ1) is 9.66. The first-order valence-corrected chi connectivity index (χ1v) is 8.54.